The number of hydrogen-bond donors (Lipinski definition) is 0. The highest BCUT2D eigenvalue weighted by molar-refractivity contribution is 6.04. The topological polar surface area (TPSA) is 43.4 Å². The maximum atomic E-state index is 12.2. The molecule has 0 saturated carbocycles. The highest BCUT2D eigenvalue weighted by Crippen LogP contribution is 2.29. The van der Waals surface area contributed by atoms with E-state index in [1.54, 1.807) is 12.2 Å². The molecule has 3 nitrogen and oxygen atoms in total. The van der Waals surface area contributed by atoms with E-state index in [1.807, 2.05) is 0 Å². The molecule has 0 saturated heterocycles. The first-order valence-electron chi connectivity index (χ1n) is 4.78. The van der Waals surface area contributed by atoms with E-state index in [0.29, 0.717) is 5.57 Å². The number of ketones is 1. The highest BCUT2D eigenvalue weighted by atomic mass is 19.4. The number of allylic oxidation sites excluding steroid dienone is 2. The van der Waals surface area contributed by atoms with Crippen LogP contribution in [-0.4, -0.2) is 24.0 Å². The quantitative estimate of drug-likeness (QED) is 0.521. The summed E-state index contributed by atoms with van der Waals surface area (Å²) in [7, 11) is 0. The molecule has 0 bridgehead atoms. The van der Waals surface area contributed by atoms with Gasteiger partial charge >= 0.3 is 12.1 Å². The molecule has 2 aliphatic rings. The molecule has 1 aliphatic heterocycles. The summed E-state index contributed by atoms with van der Waals surface area (Å²) >= 11 is 0. The van der Waals surface area contributed by atoms with Crippen molar-refractivity contribution in [3.05, 3.63) is 36.0 Å². The van der Waals surface area contributed by atoms with Gasteiger partial charge in [0.05, 0.1) is 0 Å². The van der Waals surface area contributed by atoms with E-state index in [-0.39, 0.29) is 0 Å². The van der Waals surface area contributed by atoms with Crippen molar-refractivity contribution < 1.29 is 27.5 Å². The molecule has 0 unspecified atom stereocenters. The van der Waals surface area contributed by atoms with Crippen LogP contribution >= 0.6 is 0 Å². The third-order valence-electron chi connectivity index (χ3n) is 2.43. The Balaban J connectivity index is 2.31. The molecule has 0 aromatic carbocycles. The van der Waals surface area contributed by atoms with Gasteiger partial charge in [-0.05, 0) is 11.6 Å². The smallest absolute Gasteiger partial charge is 0.451 e. The minimum Gasteiger partial charge on any atom is -0.452 e. The number of halogens is 3. The molecule has 1 aliphatic carbocycles. The minimum atomic E-state index is -5.04. The molecule has 2 atom stereocenters. The Bertz CT molecular complexity index is 457. The normalized spacial score (nSPS) is 27.2. The Hall–Kier alpha value is -1.85. The van der Waals surface area contributed by atoms with Crippen molar-refractivity contribution in [2.75, 3.05) is 0 Å². The van der Waals surface area contributed by atoms with E-state index in [4.69, 9.17) is 4.74 Å². The fourth-order valence-electron chi connectivity index (χ4n) is 1.61. The van der Waals surface area contributed by atoms with Gasteiger partial charge in [-0.15, -0.1) is 0 Å². The van der Waals surface area contributed by atoms with Gasteiger partial charge in [0.25, 0.3) is 5.78 Å². The van der Waals surface area contributed by atoms with Crippen molar-refractivity contribution in [2.24, 2.45) is 5.92 Å². The van der Waals surface area contributed by atoms with E-state index >= 15 is 0 Å². The van der Waals surface area contributed by atoms with Crippen LogP contribution in [0, 0.1) is 5.92 Å². The Kier molecular flexibility index (Phi) is 2.65. The summed E-state index contributed by atoms with van der Waals surface area (Å²) in [6.45, 7) is 0. The third kappa shape index (κ3) is 2.15. The first-order valence-corrected chi connectivity index (χ1v) is 4.78. The molecule has 17 heavy (non-hydrogen) atoms. The maximum absolute atomic E-state index is 12.2. The predicted octanol–water partition coefficient (Wildman–Crippen LogP) is 1.71. The molecule has 2 rings (SSSR count). The molecule has 1 heterocycles. The Morgan fingerprint density at radius 1 is 1.29 bits per heavy atom. The lowest BCUT2D eigenvalue weighted by Gasteiger charge is -2.26. The Labute approximate surface area is 94.2 Å². The summed E-state index contributed by atoms with van der Waals surface area (Å²) in [6, 6.07) is 0. The molecule has 90 valence electrons. The lowest BCUT2D eigenvalue weighted by atomic mass is 9.93. The van der Waals surface area contributed by atoms with Crippen LogP contribution < -0.4 is 0 Å². The van der Waals surface area contributed by atoms with Crippen LogP contribution in [0.5, 0.6) is 0 Å². The second-order valence-corrected chi connectivity index (χ2v) is 3.61. The van der Waals surface area contributed by atoms with Crippen LogP contribution in [0.15, 0.2) is 36.0 Å². The first kappa shape index (κ1) is 11.6. The number of rotatable bonds is 1. The SMILES string of the molecule is O=C1O[C@H]2C=CC=CC2=C[C@H]1C(=O)C(F)(F)F. The summed E-state index contributed by atoms with van der Waals surface area (Å²) in [6.07, 6.45) is 1.52. The monoisotopic (exact) mass is 244 g/mol. The van der Waals surface area contributed by atoms with Crippen molar-refractivity contribution in [1.82, 2.24) is 0 Å². The summed E-state index contributed by atoms with van der Waals surface area (Å²) in [5, 5.41) is 0. The molecule has 0 spiro atoms. The number of esters is 1. The number of hydrogen-bond acceptors (Lipinski definition) is 3. The van der Waals surface area contributed by atoms with E-state index in [9.17, 15) is 22.8 Å². The van der Waals surface area contributed by atoms with Gasteiger partial charge in [-0.3, -0.25) is 9.59 Å². The number of carbonyl (C=O) groups excluding carboxylic acids is 2. The summed E-state index contributed by atoms with van der Waals surface area (Å²) < 4.78 is 41.4. The lowest BCUT2D eigenvalue weighted by Crippen LogP contribution is -2.40. The highest BCUT2D eigenvalue weighted by Gasteiger charge is 2.48. The molecule has 0 aromatic heterocycles. The number of alkyl halides is 3. The third-order valence-corrected chi connectivity index (χ3v) is 2.43. The van der Waals surface area contributed by atoms with E-state index in [2.05, 4.69) is 0 Å². The van der Waals surface area contributed by atoms with Gasteiger partial charge < -0.3 is 4.74 Å². The predicted molar refractivity (Wildman–Crippen MR) is 50.8 cm³/mol. The van der Waals surface area contributed by atoms with Gasteiger partial charge in [-0.25, -0.2) is 0 Å². The standard InChI is InChI=1S/C11H7F3O3/c12-11(13,14)9(15)7-5-6-3-1-2-4-8(6)17-10(7)16/h1-5,7-8H/t7-,8-/m0/s1. The fourth-order valence-corrected chi connectivity index (χ4v) is 1.61. The van der Waals surface area contributed by atoms with Crippen molar-refractivity contribution in [2.45, 2.75) is 12.3 Å². The fraction of sp³-hybridized carbons (Fsp3) is 0.273. The van der Waals surface area contributed by atoms with Crippen molar-refractivity contribution in [1.29, 1.82) is 0 Å². The zero-order valence-electron chi connectivity index (χ0n) is 8.40. The van der Waals surface area contributed by atoms with E-state index in [0.717, 1.165) is 6.08 Å². The summed E-state index contributed by atoms with van der Waals surface area (Å²) in [4.78, 5) is 22.3. The van der Waals surface area contributed by atoms with E-state index < -0.39 is 30.0 Å². The Morgan fingerprint density at radius 3 is 2.65 bits per heavy atom. The second kappa shape index (κ2) is 3.87. The number of Topliss-reactive ketones (excluding diaryl/α,β-unsaturated/α-hetero) is 1. The maximum Gasteiger partial charge on any atom is 0.451 e. The van der Waals surface area contributed by atoms with Gasteiger partial charge in [0, 0.05) is 0 Å². The van der Waals surface area contributed by atoms with Crippen LogP contribution in [0.1, 0.15) is 0 Å². The largest absolute Gasteiger partial charge is 0.452 e. The van der Waals surface area contributed by atoms with Crippen LogP contribution in [-0.2, 0) is 14.3 Å². The van der Waals surface area contributed by atoms with Crippen LogP contribution in [0.4, 0.5) is 13.2 Å². The summed E-state index contributed by atoms with van der Waals surface area (Å²) in [5.74, 6) is -5.16. The second-order valence-electron chi connectivity index (χ2n) is 3.61. The average Bonchev–Trinajstić information content (AvgIpc) is 2.26. The number of carbonyl (C=O) groups is 2. The molecule has 0 aromatic rings. The lowest BCUT2D eigenvalue weighted by molar-refractivity contribution is -0.180. The van der Waals surface area contributed by atoms with Crippen molar-refractivity contribution >= 4 is 11.8 Å². The van der Waals surface area contributed by atoms with Crippen LogP contribution in [0.2, 0.25) is 0 Å². The molecule has 0 N–H and O–H groups in total. The van der Waals surface area contributed by atoms with Gasteiger partial charge in [0.1, 0.15) is 12.0 Å². The van der Waals surface area contributed by atoms with Crippen molar-refractivity contribution in [3.63, 3.8) is 0 Å². The number of fused-ring (bicyclic) bond motifs is 1. The van der Waals surface area contributed by atoms with Crippen LogP contribution in [0.3, 0.4) is 0 Å². The average molecular weight is 244 g/mol. The molecule has 6 heteroatoms. The van der Waals surface area contributed by atoms with Gasteiger partial charge in [0.2, 0.25) is 0 Å². The van der Waals surface area contributed by atoms with Crippen LogP contribution in [0.25, 0.3) is 0 Å². The first-order chi connectivity index (χ1) is 7.89. The zero-order chi connectivity index (χ0) is 12.6. The van der Waals surface area contributed by atoms with Gasteiger partial charge in [-0.2, -0.15) is 13.2 Å². The zero-order valence-corrected chi connectivity index (χ0v) is 8.40. The van der Waals surface area contributed by atoms with Gasteiger partial charge in [-0.1, -0.05) is 24.3 Å². The summed E-state index contributed by atoms with van der Waals surface area (Å²) in [5.41, 5.74) is 0.384. The van der Waals surface area contributed by atoms with E-state index in [1.165, 1.54) is 12.2 Å². The molecule has 0 fully saturated rings. The molecular formula is C11H7F3O3. The van der Waals surface area contributed by atoms with Gasteiger partial charge in [0.15, 0.2) is 0 Å². The van der Waals surface area contributed by atoms with Crippen molar-refractivity contribution in [3.8, 4) is 0 Å². The molecule has 0 amide bonds. The number of ether oxygens (including phenoxy) is 1. The Morgan fingerprint density at radius 2 is 2.00 bits per heavy atom. The molecule has 0 radical (unpaired) electrons. The molecular weight excluding hydrogens is 237 g/mol. The minimum absolute atomic E-state index is 0.384.